The number of halogens is 1. The third kappa shape index (κ3) is 3.29. The van der Waals surface area contributed by atoms with Gasteiger partial charge in [0, 0.05) is 6.42 Å². The molecule has 3 heterocycles. The Morgan fingerprint density at radius 2 is 2.19 bits per heavy atom. The first-order chi connectivity index (χ1) is 12.7. The lowest BCUT2D eigenvalue weighted by molar-refractivity contribution is 0.297. The van der Waals surface area contributed by atoms with E-state index < -0.39 is 0 Å². The SMILES string of the molecule is N#C/C(=C\c1cc(Cl)c2c(c1)OCCCO2)c1nc(-c2cccs2)no1. The summed E-state index contributed by atoms with van der Waals surface area (Å²) >= 11 is 7.79. The van der Waals surface area contributed by atoms with Crippen LogP contribution in [0, 0.1) is 11.3 Å². The molecule has 26 heavy (non-hydrogen) atoms. The number of nitriles is 1. The average molecular weight is 386 g/mol. The van der Waals surface area contributed by atoms with Crippen LogP contribution in [0.15, 0.2) is 34.2 Å². The van der Waals surface area contributed by atoms with Gasteiger partial charge in [0.05, 0.1) is 23.1 Å². The standard InChI is InChI=1S/C18H12ClN3O3S/c19-13-8-11(9-14-16(13)24-5-2-4-23-14)7-12(10-20)18-21-17(22-25-18)15-3-1-6-26-15/h1,3,6-9H,2,4-5H2/b12-7+. The zero-order chi connectivity index (χ0) is 17.9. The van der Waals surface area contributed by atoms with Gasteiger partial charge in [-0.2, -0.15) is 10.2 Å². The molecule has 0 amide bonds. The van der Waals surface area contributed by atoms with Gasteiger partial charge in [-0.15, -0.1) is 11.3 Å². The van der Waals surface area contributed by atoms with Crippen molar-refractivity contribution < 1.29 is 14.0 Å². The largest absolute Gasteiger partial charge is 0.489 e. The lowest BCUT2D eigenvalue weighted by atomic mass is 10.1. The minimum atomic E-state index is 0.152. The summed E-state index contributed by atoms with van der Waals surface area (Å²) in [4.78, 5) is 5.17. The molecule has 4 rings (SSSR count). The Labute approximate surface area is 158 Å². The van der Waals surface area contributed by atoms with Crippen LogP contribution in [-0.2, 0) is 0 Å². The molecule has 1 aromatic carbocycles. The van der Waals surface area contributed by atoms with E-state index in [2.05, 4.69) is 16.2 Å². The molecule has 0 radical (unpaired) electrons. The van der Waals surface area contributed by atoms with Gasteiger partial charge in [0.15, 0.2) is 11.5 Å². The molecule has 0 spiro atoms. The van der Waals surface area contributed by atoms with Crippen molar-refractivity contribution in [1.29, 1.82) is 5.26 Å². The molecular formula is C18H12ClN3O3S. The van der Waals surface area contributed by atoms with Crippen molar-refractivity contribution in [2.75, 3.05) is 13.2 Å². The number of fused-ring (bicyclic) bond motifs is 1. The molecule has 0 unspecified atom stereocenters. The fraction of sp³-hybridized carbons (Fsp3) is 0.167. The van der Waals surface area contributed by atoms with Gasteiger partial charge in [-0.25, -0.2) is 0 Å². The van der Waals surface area contributed by atoms with Crippen molar-refractivity contribution in [1.82, 2.24) is 10.1 Å². The van der Waals surface area contributed by atoms with Gasteiger partial charge < -0.3 is 14.0 Å². The third-order valence-electron chi connectivity index (χ3n) is 3.65. The molecule has 8 heteroatoms. The first-order valence-electron chi connectivity index (χ1n) is 7.83. The summed E-state index contributed by atoms with van der Waals surface area (Å²) < 4.78 is 16.5. The molecule has 0 fully saturated rings. The Morgan fingerprint density at radius 3 is 3.00 bits per heavy atom. The molecule has 0 bridgehead atoms. The molecule has 0 saturated heterocycles. The summed E-state index contributed by atoms with van der Waals surface area (Å²) in [5, 5.41) is 15.8. The van der Waals surface area contributed by atoms with Crippen LogP contribution in [0.2, 0.25) is 5.02 Å². The molecule has 130 valence electrons. The molecule has 1 aliphatic rings. The Kier molecular flexibility index (Phi) is 4.61. The summed E-state index contributed by atoms with van der Waals surface area (Å²) in [7, 11) is 0. The second kappa shape index (κ2) is 7.20. The molecule has 2 aromatic heterocycles. The molecule has 0 saturated carbocycles. The molecule has 1 aliphatic heterocycles. The second-order valence-corrected chi connectivity index (χ2v) is 6.81. The van der Waals surface area contributed by atoms with Crippen LogP contribution in [-0.4, -0.2) is 23.4 Å². The highest BCUT2D eigenvalue weighted by atomic mass is 35.5. The third-order valence-corrected chi connectivity index (χ3v) is 4.80. The second-order valence-electron chi connectivity index (χ2n) is 5.45. The monoisotopic (exact) mass is 385 g/mol. The van der Waals surface area contributed by atoms with Gasteiger partial charge in [-0.05, 0) is 35.2 Å². The maximum Gasteiger partial charge on any atom is 0.268 e. The van der Waals surface area contributed by atoms with Gasteiger partial charge in [-0.1, -0.05) is 22.8 Å². The van der Waals surface area contributed by atoms with E-state index in [1.54, 1.807) is 18.2 Å². The molecule has 0 N–H and O–H groups in total. The predicted molar refractivity (Wildman–Crippen MR) is 98.2 cm³/mol. The highest BCUT2D eigenvalue weighted by molar-refractivity contribution is 7.13. The quantitative estimate of drug-likeness (QED) is 0.609. The molecule has 0 aliphatic carbocycles. The lowest BCUT2D eigenvalue weighted by Crippen LogP contribution is -1.97. The molecule has 3 aromatic rings. The highest BCUT2D eigenvalue weighted by Crippen LogP contribution is 2.38. The van der Waals surface area contributed by atoms with Crippen LogP contribution < -0.4 is 9.47 Å². The van der Waals surface area contributed by atoms with Crippen LogP contribution in [0.25, 0.3) is 22.4 Å². The Morgan fingerprint density at radius 1 is 1.31 bits per heavy atom. The van der Waals surface area contributed by atoms with E-state index in [4.69, 9.17) is 25.6 Å². The van der Waals surface area contributed by atoms with E-state index >= 15 is 0 Å². The van der Waals surface area contributed by atoms with E-state index in [1.807, 2.05) is 17.5 Å². The number of ether oxygens (including phenoxy) is 2. The van der Waals surface area contributed by atoms with Crippen molar-refractivity contribution >= 4 is 34.6 Å². The predicted octanol–water partition coefficient (Wildman–Crippen LogP) is 4.68. The smallest absolute Gasteiger partial charge is 0.268 e. The number of allylic oxidation sites excluding steroid dienone is 1. The summed E-state index contributed by atoms with van der Waals surface area (Å²) in [6, 6.07) is 9.37. The number of hydrogen-bond acceptors (Lipinski definition) is 7. The van der Waals surface area contributed by atoms with Crippen molar-refractivity contribution in [2.24, 2.45) is 0 Å². The number of rotatable bonds is 3. The van der Waals surface area contributed by atoms with Crippen molar-refractivity contribution in [3.05, 3.63) is 46.1 Å². The zero-order valence-corrected chi connectivity index (χ0v) is 15.0. The Hall–Kier alpha value is -2.82. The summed E-state index contributed by atoms with van der Waals surface area (Å²) in [6.07, 6.45) is 2.42. The van der Waals surface area contributed by atoms with Gasteiger partial charge in [0.2, 0.25) is 5.82 Å². The number of hydrogen-bond donors (Lipinski definition) is 0. The van der Waals surface area contributed by atoms with Gasteiger partial charge >= 0.3 is 0 Å². The normalized spacial score (nSPS) is 13.9. The summed E-state index contributed by atoms with van der Waals surface area (Å²) in [6.45, 7) is 1.11. The zero-order valence-electron chi connectivity index (χ0n) is 13.4. The van der Waals surface area contributed by atoms with Gasteiger partial charge in [0.25, 0.3) is 5.89 Å². The van der Waals surface area contributed by atoms with Gasteiger partial charge in [0.1, 0.15) is 11.6 Å². The number of benzene rings is 1. The van der Waals surface area contributed by atoms with E-state index in [-0.39, 0.29) is 11.5 Å². The van der Waals surface area contributed by atoms with Crippen LogP contribution in [0.4, 0.5) is 0 Å². The Balaban J connectivity index is 1.69. The average Bonchev–Trinajstić information content (AvgIpc) is 3.28. The van der Waals surface area contributed by atoms with Crippen LogP contribution in [0.5, 0.6) is 11.5 Å². The summed E-state index contributed by atoms with van der Waals surface area (Å²) in [5.74, 6) is 1.69. The first-order valence-corrected chi connectivity index (χ1v) is 9.09. The lowest BCUT2D eigenvalue weighted by Gasteiger charge is -2.10. The number of aromatic nitrogens is 2. The Bertz CT molecular complexity index is 1010. The van der Waals surface area contributed by atoms with E-state index in [9.17, 15) is 5.26 Å². The number of thiophene rings is 1. The fourth-order valence-electron chi connectivity index (χ4n) is 2.48. The maximum absolute atomic E-state index is 9.50. The maximum atomic E-state index is 9.50. The molecule has 0 atom stereocenters. The van der Waals surface area contributed by atoms with E-state index in [0.717, 1.165) is 11.3 Å². The fourth-order valence-corrected chi connectivity index (χ4v) is 3.40. The van der Waals surface area contributed by atoms with Crippen LogP contribution in [0.1, 0.15) is 17.9 Å². The van der Waals surface area contributed by atoms with Crippen molar-refractivity contribution in [3.8, 4) is 28.3 Å². The van der Waals surface area contributed by atoms with E-state index in [1.165, 1.54) is 11.3 Å². The minimum Gasteiger partial charge on any atom is -0.489 e. The van der Waals surface area contributed by atoms with Crippen LogP contribution >= 0.6 is 22.9 Å². The first kappa shape index (κ1) is 16.6. The van der Waals surface area contributed by atoms with Crippen LogP contribution in [0.3, 0.4) is 0 Å². The summed E-state index contributed by atoms with van der Waals surface area (Å²) in [5.41, 5.74) is 0.928. The van der Waals surface area contributed by atoms with Gasteiger partial charge in [-0.3, -0.25) is 0 Å². The topological polar surface area (TPSA) is 81.2 Å². The highest BCUT2D eigenvalue weighted by Gasteiger charge is 2.17. The van der Waals surface area contributed by atoms with Crippen molar-refractivity contribution in [2.45, 2.75) is 6.42 Å². The molecule has 6 nitrogen and oxygen atoms in total. The number of nitrogens with zero attached hydrogens (tertiary/aromatic N) is 3. The van der Waals surface area contributed by atoms with Crippen molar-refractivity contribution in [3.63, 3.8) is 0 Å². The minimum absolute atomic E-state index is 0.152. The van der Waals surface area contributed by atoms with E-state index in [0.29, 0.717) is 41.1 Å². The molecular weight excluding hydrogens is 374 g/mol.